The summed E-state index contributed by atoms with van der Waals surface area (Å²) in [6, 6.07) is 9.14. The maximum absolute atomic E-state index is 11.8. The molecule has 1 aliphatic rings. The second-order valence-corrected chi connectivity index (χ2v) is 6.63. The van der Waals surface area contributed by atoms with Gasteiger partial charge >= 0.3 is 0 Å². The van der Waals surface area contributed by atoms with E-state index in [9.17, 15) is 14.7 Å². The number of nitrogens with zero attached hydrogens (tertiary/aromatic N) is 1. The molecule has 23 heavy (non-hydrogen) atoms. The van der Waals surface area contributed by atoms with Crippen molar-refractivity contribution in [3.63, 3.8) is 0 Å². The first-order valence-electron chi connectivity index (χ1n) is 8.30. The molecule has 2 rings (SSSR count). The molecule has 1 aliphatic heterocycles. The summed E-state index contributed by atoms with van der Waals surface area (Å²) in [5.74, 6) is -1.11. The monoisotopic (exact) mass is 318 g/mol. The van der Waals surface area contributed by atoms with Crippen LogP contribution in [0, 0.1) is 0 Å². The number of carbonyl (C=O) groups excluding carboxylic acids is 2. The fourth-order valence-electron chi connectivity index (χ4n) is 3.12. The first-order valence-corrected chi connectivity index (χ1v) is 8.30. The Labute approximate surface area is 137 Å². The summed E-state index contributed by atoms with van der Waals surface area (Å²) in [5.41, 5.74) is 2.65. The molecule has 1 amide bonds. The first-order chi connectivity index (χ1) is 10.9. The van der Waals surface area contributed by atoms with Crippen LogP contribution in [-0.4, -0.2) is 43.0 Å². The normalized spacial score (nSPS) is 17.3. The zero-order valence-corrected chi connectivity index (χ0v) is 14.2. The number of rotatable bonds is 5. The van der Waals surface area contributed by atoms with Gasteiger partial charge in [0.15, 0.2) is 0 Å². The molecule has 1 heterocycles. The summed E-state index contributed by atoms with van der Waals surface area (Å²) in [6.07, 6.45) is -0.512. The third-order valence-corrected chi connectivity index (χ3v) is 4.77. The highest BCUT2D eigenvalue weighted by atomic mass is 16.4. The minimum Gasteiger partial charge on any atom is -0.550 e. The number of benzene rings is 1. The quantitative estimate of drug-likeness (QED) is 0.761. The van der Waals surface area contributed by atoms with Crippen molar-refractivity contribution in [2.45, 2.75) is 39.2 Å². The molecule has 0 aliphatic carbocycles. The topological polar surface area (TPSA) is 64.9 Å². The number of carboxylic acid groups (broad SMARTS) is 1. The van der Waals surface area contributed by atoms with E-state index in [0.717, 1.165) is 13.1 Å². The standard InChI is InChI=1S/C18H26N2O3/c1-13(2)15-4-6-16(7-5-15)14(3)19-8-10-20(11-9-19)17(21)12-18(22)23/h4-7,13-14H,8-12H2,1-3H3,(H,22,23)/t14-/m1/s1. The van der Waals surface area contributed by atoms with Crippen LogP contribution in [0.3, 0.4) is 0 Å². The number of piperazine rings is 1. The van der Waals surface area contributed by atoms with E-state index in [1.807, 2.05) is 0 Å². The van der Waals surface area contributed by atoms with Crippen molar-refractivity contribution in [1.82, 2.24) is 4.90 Å². The Morgan fingerprint density at radius 1 is 1.09 bits per heavy atom. The molecule has 126 valence electrons. The molecule has 0 bridgehead atoms. The molecule has 1 N–H and O–H groups in total. The predicted molar refractivity (Wildman–Crippen MR) is 85.8 cm³/mol. The third kappa shape index (κ3) is 4.55. The number of amides is 1. The van der Waals surface area contributed by atoms with Crippen LogP contribution in [0.5, 0.6) is 0 Å². The fraction of sp³-hybridized carbons (Fsp3) is 0.556. The molecule has 1 saturated heterocycles. The second kappa shape index (κ2) is 7.59. The molecule has 0 radical (unpaired) electrons. The van der Waals surface area contributed by atoms with Crippen molar-refractivity contribution in [1.29, 1.82) is 0 Å². The summed E-state index contributed by atoms with van der Waals surface area (Å²) < 4.78 is 0. The zero-order chi connectivity index (χ0) is 17.0. The van der Waals surface area contributed by atoms with Gasteiger partial charge in [-0.1, -0.05) is 38.1 Å². The number of carbonyl (C=O) groups is 2. The molecule has 0 aromatic heterocycles. The number of quaternary nitrogens is 1. The van der Waals surface area contributed by atoms with Gasteiger partial charge in [-0.3, -0.25) is 4.79 Å². The molecular weight excluding hydrogens is 292 g/mol. The molecule has 0 spiro atoms. The lowest BCUT2D eigenvalue weighted by Crippen LogP contribution is -3.14. The number of carboxylic acids is 1. The molecule has 0 unspecified atom stereocenters. The fourth-order valence-corrected chi connectivity index (χ4v) is 3.12. The second-order valence-electron chi connectivity index (χ2n) is 6.63. The van der Waals surface area contributed by atoms with Crippen molar-refractivity contribution >= 4 is 11.9 Å². The minimum absolute atomic E-state index is 0.335. The Morgan fingerprint density at radius 3 is 2.09 bits per heavy atom. The van der Waals surface area contributed by atoms with Gasteiger partial charge in [0.2, 0.25) is 5.91 Å². The van der Waals surface area contributed by atoms with Gasteiger partial charge < -0.3 is 19.7 Å². The summed E-state index contributed by atoms with van der Waals surface area (Å²) >= 11 is 0. The highest BCUT2D eigenvalue weighted by Crippen LogP contribution is 2.17. The van der Waals surface area contributed by atoms with E-state index in [2.05, 4.69) is 45.0 Å². The third-order valence-electron chi connectivity index (χ3n) is 4.77. The summed E-state index contributed by atoms with van der Waals surface area (Å²) in [6.45, 7) is 9.47. The van der Waals surface area contributed by atoms with Crippen LogP contribution in [0.1, 0.15) is 50.3 Å². The van der Waals surface area contributed by atoms with Crippen LogP contribution >= 0.6 is 0 Å². The highest BCUT2D eigenvalue weighted by Gasteiger charge is 2.27. The van der Waals surface area contributed by atoms with Crippen LogP contribution in [0.15, 0.2) is 24.3 Å². The Kier molecular flexibility index (Phi) is 5.77. The average Bonchev–Trinajstić information content (AvgIpc) is 2.53. The van der Waals surface area contributed by atoms with Crippen molar-refractivity contribution in [2.24, 2.45) is 0 Å². The summed E-state index contributed by atoms with van der Waals surface area (Å²) in [7, 11) is 0. The molecule has 1 aromatic carbocycles. The maximum atomic E-state index is 11.8. The van der Waals surface area contributed by atoms with Crippen molar-refractivity contribution in [2.75, 3.05) is 26.2 Å². The largest absolute Gasteiger partial charge is 0.550 e. The van der Waals surface area contributed by atoms with Gasteiger partial charge in [0.25, 0.3) is 0 Å². The first kappa shape index (κ1) is 17.5. The van der Waals surface area contributed by atoms with E-state index in [0.29, 0.717) is 25.0 Å². The van der Waals surface area contributed by atoms with Gasteiger partial charge in [-0.2, -0.15) is 0 Å². The smallest absolute Gasteiger partial charge is 0.228 e. The van der Waals surface area contributed by atoms with E-state index in [1.165, 1.54) is 16.0 Å². The van der Waals surface area contributed by atoms with Crippen molar-refractivity contribution < 1.29 is 19.6 Å². The van der Waals surface area contributed by atoms with Crippen LogP contribution in [0.2, 0.25) is 0 Å². The number of nitrogens with one attached hydrogen (secondary N) is 1. The lowest BCUT2D eigenvalue weighted by Gasteiger charge is -2.35. The van der Waals surface area contributed by atoms with Crippen LogP contribution in [0.25, 0.3) is 0 Å². The SMILES string of the molecule is CC(C)c1ccc([C@@H](C)[NH+]2CCN(C(=O)CC(=O)[O-])CC2)cc1. The molecular formula is C18H26N2O3. The van der Waals surface area contributed by atoms with Crippen molar-refractivity contribution in [3.05, 3.63) is 35.4 Å². The molecule has 0 saturated carbocycles. The van der Waals surface area contributed by atoms with Crippen LogP contribution < -0.4 is 10.0 Å². The van der Waals surface area contributed by atoms with E-state index >= 15 is 0 Å². The van der Waals surface area contributed by atoms with E-state index in [4.69, 9.17) is 0 Å². The molecule has 1 fully saturated rings. The summed E-state index contributed by atoms with van der Waals surface area (Å²) in [5, 5.41) is 10.5. The Morgan fingerprint density at radius 2 is 1.61 bits per heavy atom. The Hall–Kier alpha value is -1.88. The van der Waals surface area contributed by atoms with Gasteiger partial charge in [0.1, 0.15) is 6.04 Å². The van der Waals surface area contributed by atoms with Gasteiger partial charge in [-0.05, 0) is 18.4 Å². The Balaban J connectivity index is 1.91. The van der Waals surface area contributed by atoms with Crippen molar-refractivity contribution in [3.8, 4) is 0 Å². The minimum atomic E-state index is -1.30. The van der Waals surface area contributed by atoms with E-state index < -0.39 is 12.4 Å². The van der Waals surface area contributed by atoms with Gasteiger partial charge in [-0.15, -0.1) is 0 Å². The van der Waals surface area contributed by atoms with E-state index in [1.54, 1.807) is 4.90 Å². The van der Waals surface area contributed by atoms with Crippen LogP contribution in [-0.2, 0) is 9.59 Å². The lowest BCUT2D eigenvalue weighted by molar-refractivity contribution is -0.933. The molecule has 1 atom stereocenters. The number of hydrogen-bond acceptors (Lipinski definition) is 3. The summed E-state index contributed by atoms with van der Waals surface area (Å²) in [4.78, 5) is 25.3. The highest BCUT2D eigenvalue weighted by molar-refractivity contribution is 5.92. The van der Waals surface area contributed by atoms with E-state index in [-0.39, 0.29) is 5.91 Å². The molecule has 5 heteroatoms. The Bertz CT molecular complexity index is 546. The lowest BCUT2D eigenvalue weighted by atomic mass is 9.99. The van der Waals surface area contributed by atoms with Gasteiger partial charge in [0.05, 0.1) is 38.6 Å². The number of aliphatic carboxylic acids is 1. The van der Waals surface area contributed by atoms with Gasteiger partial charge in [0, 0.05) is 5.56 Å². The van der Waals surface area contributed by atoms with Gasteiger partial charge in [-0.25, -0.2) is 0 Å². The molecule has 1 aromatic rings. The predicted octanol–water partition coefficient (Wildman–Crippen LogP) is -0.262. The maximum Gasteiger partial charge on any atom is 0.228 e. The average molecular weight is 318 g/mol. The number of hydrogen-bond donors (Lipinski definition) is 1. The zero-order valence-electron chi connectivity index (χ0n) is 14.2. The molecule has 5 nitrogen and oxygen atoms in total. The van der Waals surface area contributed by atoms with Crippen LogP contribution in [0.4, 0.5) is 0 Å².